The van der Waals surface area contributed by atoms with Crippen LogP contribution in [0.25, 0.3) is 0 Å². The van der Waals surface area contributed by atoms with Crippen LogP contribution in [0.2, 0.25) is 5.02 Å². The molecule has 2 aromatic rings. The van der Waals surface area contributed by atoms with Gasteiger partial charge >= 0.3 is 0 Å². The van der Waals surface area contributed by atoms with E-state index in [0.29, 0.717) is 23.8 Å². The molecular formula is C17H15BrClFO2. The summed E-state index contributed by atoms with van der Waals surface area (Å²) in [6, 6.07) is 8.23. The Hall–Kier alpha value is -1.10. The Bertz CT molecular complexity index is 720. The highest BCUT2D eigenvalue weighted by molar-refractivity contribution is 9.10. The van der Waals surface area contributed by atoms with Gasteiger partial charge in [-0.3, -0.25) is 0 Å². The van der Waals surface area contributed by atoms with Gasteiger partial charge in [0.05, 0.1) is 17.2 Å². The number of aryl methyl sites for hydroxylation is 1. The Morgan fingerprint density at radius 2 is 2.14 bits per heavy atom. The molecule has 0 aliphatic carbocycles. The largest absolute Gasteiger partial charge is 0.492 e. The van der Waals surface area contributed by atoms with E-state index in [1.165, 1.54) is 12.1 Å². The highest BCUT2D eigenvalue weighted by Gasteiger charge is 2.31. The van der Waals surface area contributed by atoms with Gasteiger partial charge in [0, 0.05) is 16.5 Å². The summed E-state index contributed by atoms with van der Waals surface area (Å²) in [6.07, 6.45) is -0.105. The van der Waals surface area contributed by atoms with Gasteiger partial charge in [0.25, 0.3) is 0 Å². The van der Waals surface area contributed by atoms with Gasteiger partial charge in [-0.2, -0.15) is 0 Å². The molecule has 5 heteroatoms. The third kappa shape index (κ3) is 3.00. The molecule has 0 amide bonds. The zero-order valence-corrected chi connectivity index (χ0v) is 14.3. The minimum Gasteiger partial charge on any atom is -0.492 e. The van der Waals surface area contributed by atoms with Crippen molar-refractivity contribution < 1.29 is 14.2 Å². The number of aliphatic hydroxyl groups is 1. The van der Waals surface area contributed by atoms with Gasteiger partial charge in [-0.25, -0.2) is 4.39 Å². The SMILES string of the molecule is Cc1cc(Br)c2c(c1)[C@H](O)[C@H](Cc1ccc(F)cc1Cl)CO2. The first-order chi connectivity index (χ1) is 10.5. The van der Waals surface area contributed by atoms with Crippen LogP contribution >= 0.6 is 27.5 Å². The number of hydrogen-bond acceptors (Lipinski definition) is 2. The maximum Gasteiger partial charge on any atom is 0.139 e. The minimum absolute atomic E-state index is 0.121. The molecule has 2 atom stereocenters. The summed E-state index contributed by atoms with van der Waals surface area (Å²) < 4.78 is 19.8. The van der Waals surface area contributed by atoms with E-state index in [4.69, 9.17) is 16.3 Å². The van der Waals surface area contributed by atoms with Crippen molar-refractivity contribution in [3.8, 4) is 5.75 Å². The van der Waals surface area contributed by atoms with Gasteiger partial charge in [-0.1, -0.05) is 17.7 Å². The first kappa shape index (κ1) is 15.8. The molecule has 0 radical (unpaired) electrons. The molecule has 1 N–H and O–H groups in total. The van der Waals surface area contributed by atoms with E-state index in [9.17, 15) is 9.50 Å². The molecule has 0 fully saturated rings. The van der Waals surface area contributed by atoms with E-state index < -0.39 is 6.10 Å². The molecule has 2 nitrogen and oxygen atoms in total. The third-order valence-corrected chi connectivity index (χ3v) is 4.86. The van der Waals surface area contributed by atoms with Crippen molar-refractivity contribution >= 4 is 27.5 Å². The molecule has 3 rings (SSSR count). The van der Waals surface area contributed by atoms with Gasteiger partial charge in [-0.15, -0.1) is 0 Å². The second-order valence-corrected chi connectivity index (χ2v) is 6.88. The Balaban J connectivity index is 1.88. The molecule has 1 aliphatic rings. The van der Waals surface area contributed by atoms with Crippen molar-refractivity contribution in [1.82, 2.24) is 0 Å². The Labute approximate surface area is 142 Å². The standard InChI is InChI=1S/C17H15BrClFO2/c1-9-4-13-16(21)11(8-22-17(13)14(18)5-9)6-10-2-3-12(20)7-15(10)19/h2-5,7,11,16,21H,6,8H2,1H3/t11-,16-/m1/s1. The average molecular weight is 386 g/mol. The smallest absolute Gasteiger partial charge is 0.139 e. The predicted octanol–water partition coefficient (Wildman–Crippen LogP) is 4.83. The normalized spacial score (nSPS) is 20.4. The van der Waals surface area contributed by atoms with E-state index in [2.05, 4.69) is 15.9 Å². The maximum atomic E-state index is 13.1. The predicted molar refractivity (Wildman–Crippen MR) is 87.9 cm³/mol. The summed E-state index contributed by atoms with van der Waals surface area (Å²) in [5.74, 6) is 0.211. The molecule has 1 aliphatic heterocycles. The second kappa shape index (κ2) is 6.19. The monoisotopic (exact) mass is 384 g/mol. The molecule has 0 spiro atoms. The molecule has 0 saturated carbocycles. The lowest BCUT2D eigenvalue weighted by molar-refractivity contribution is 0.0503. The molecule has 0 saturated heterocycles. The van der Waals surface area contributed by atoms with Crippen LogP contribution in [-0.2, 0) is 6.42 Å². The van der Waals surface area contributed by atoms with Gasteiger partial charge in [0.1, 0.15) is 11.6 Å². The van der Waals surface area contributed by atoms with E-state index in [1.54, 1.807) is 6.07 Å². The fourth-order valence-electron chi connectivity index (χ4n) is 2.80. The highest BCUT2D eigenvalue weighted by Crippen LogP contribution is 2.42. The number of hydrogen-bond donors (Lipinski definition) is 1. The Kier molecular flexibility index (Phi) is 4.44. The van der Waals surface area contributed by atoms with Crippen molar-refractivity contribution in [3.05, 3.63) is 62.3 Å². The fourth-order valence-corrected chi connectivity index (χ4v) is 3.75. The number of fused-ring (bicyclic) bond motifs is 1. The van der Waals surface area contributed by atoms with Crippen LogP contribution in [0.5, 0.6) is 5.75 Å². The lowest BCUT2D eigenvalue weighted by Crippen LogP contribution is -2.28. The Morgan fingerprint density at radius 1 is 1.36 bits per heavy atom. The van der Waals surface area contributed by atoms with E-state index in [-0.39, 0.29) is 11.7 Å². The second-order valence-electron chi connectivity index (χ2n) is 5.62. The maximum absolute atomic E-state index is 13.1. The van der Waals surface area contributed by atoms with Crippen molar-refractivity contribution in [2.45, 2.75) is 19.4 Å². The lowest BCUT2D eigenvalue weighted by Gasteiger charge is -2.31. The number of ether oxygens (including phenoxy) is 1. The van der Waals surface area contributed by atoms with Crippen molar-refractivity contribution in [1.29, 1.82) is 0 Å². The lowest BCUT2D eigenvalue weighted by atomic mass is 9.87. The summed E-state index contributed by atoms with van der Waals surface area (Å²) in [5.41, 5.74) is 2.64. The van der Waals surface area contributed by atoms with Gasteiger partial charge in [0.2, 0.25) is 0 Å². The molecule has 1 heterocycles. The van der Waals surface area contributed by atoms with Crippen LogP contribution in [0.15, 0.2) is 34.8 Å². The number of aliphatic hydroxyl groups excluding tert-OH is 1. The van der Waals surface area contributed by atoms with Gasteiger partial charge in [0.15, 0.2) is 0 Å². The summed E-state index contributed by atoms with van der Waals surface area (Å²) in [7, 11) is 0. The van der Waals surface area contributed by atoms with E-state index in [1.807, 2.05) is 19.1 Å². The van der Waals surface area contributed by atoms with Crippen molar-refractivity contribution in [3.63, 3.8) is 0 Å². The summed E-state index contributed by atoms with van der Waals surface area (Å²) in [6.45, 7) is 2.36. The van der Waals surface area contributed by atoms with Crippen LogP contribution in [0, 0.1) is 18.7 Å². The molecule has 2 aromatic carbocycles. The molecule has 116 valence electrons. The van der Waals surface area contributed by atoms with Crippen molar-refractivity contribution in [2.24, 2.45) is 5.92 Å². The van der Waals surface area contributed by atoms with Crippen molar-refractivity contribution in [2.75, 3.05) is 6.61 Å². The molecule has 22 heavy (non-hydrogen) atoms. The minimum atomic E-state index is -0.638. The third-order valence-electron chi connectivity index (χ3n) is 3.92. The first-order valence-corrected chi connectivity index (χ1v) is 8.17. The molecule has 0 bridgehead atoms. The number of benzene rings is 2. The molecule has 0 aromatic heterocycles. The zero-order valence-electron chi connectivity index (χ0n) is 11.9. The summed E-state index contributed by atoms with van der Waals surface area (Å²) in [5, 5.41) is 11.0. The topological polar surface area (TPSA) is 29.5 Å². The number of rotatable bonds is 2. The number of halogens is 3. The quantitative estimate of drug-likeness (QED) is 0.802. The van der Waals surface area contributed by atoms with Gasteiger partial charge < -0.3 is 9.84 Å². The zero-order chi connectivity index (χ0) is 15.9. The molecule has 0 unspecified atom stereocenters. The van der Waals surface area contributed by atoms with Crippen LogP contribution in [0.1, 0.15) is 22.8 Å². The Morgan fingerprint density at radius 3 is 2.86 bits per heavy atom. The highest BCUT2D eigenvalue weighted by atomic mass is 79.9. The average Bonchev–Trinajstić information content (AvgIpc) is 2.45. The fraction of sp³-hybridized carbons (Fsp3) is 0.294. The van der Waals surface area contributed by atoms with Crippen LogP contribution in [-0.4, -0.2) is 11.7 Å². The first-order valence-electron chi connectivity index (χ1n) is 7.00. The van der Waals surface area contributed by atoms with E-state index >= 15 is 0 Å². The van der Waals surface area contributed by atoms with Crippen LogP contribution in [0.3, 0.4) is 0 Å². The summed E-state index contributed by atoms with van der Waals surface area (Å²) in [4.78, 5) is 0. The van der Waals surface area contributed by atoms with Crippen LogP contribution in [0.4, 0.5) is 4.39 Å². The summed E-state index contributed by atoms with van der Waals surface area (Å²) >= 11 is 9.54. The van der Waals surface area contributed by atoms with Gasteiger partial charge in [-0.05, 0) is 64.7 Å². The molecular weight excluding hydrogens is 371 g/mol. The van der Waals surface area contributed by atoms with E-state index in [0.717, 1.165) is 21.2 Å². The van der Waals surface area contributed by atoms with Crippen LogP contribution < -0.4 is 4.74 Å².